The molecule has 4 nitrogen and oxygen atoms in total. The smallest absolute Gasteiger partial charge is 0.164 e. The number of hydrogen-bond acceptors (Lipinski definition) is 4. The molecular formula is C28H29NO3. The van der Waals surface area contributed by atoms with Crippen LogP contribution in [-0.4, -0.2) is 33.2 Å². The molecule has 2 aliphatic heterocycles. The average Bonchev–Trinajstić information content (AvgIpc) is 3.33. The van der Waals surface area contributed by atoms with Crippen molar-refractivity contribution in [3.8, 4) is 0 Å². The van der Waals surface area contributed by atoms with Crippen molar-refractivity contribution in [2.75, 3.05) is 0 Å². The van der Waals surface area contributed by atoms with Crippen LogP contribution in [0.25, 0.3) is 10.8 Å². The van der Waals surface area contributed by atoms with Gasteiger partial charge < -0.3 is 9.84 Å². The summed E-state index contributed by atoms with van der Waals surface area (Å²) in [6.07, 6.45) is 13.6. The standard InChI is InChI=1S/C28H29NO3/c1-26-10-8-21-15-20-4-6-23(30)25(31)28(20)12-11-27(21,32-28)24(26)7-5-22(26)18-3-2-17-9-13-29-16-19(17)14-18/h2-3,8-9,13-16,22,24-25,31H,4-7,10-12H2,1H3/t22-,24-,25-,26-,27-,28+/m1/s1. The molecule has 1 aromatic carbocycles. The third-order valence-electron chi connectivity index (χ3n) is 9.71. The Balaban J connectivity index is 1.32. The highest BCUT2D eigenvalue weighted by Crippen LogP contribution is 2.69. The number of carbonyl (C=O) groups excluding carboxylic acids is 1. The summed E-state index contributed by atoms with van der Waals surface area (Å²) in [4.78, 5) is 16.8. The van der Waals surface area contributed by atoms with Crippen LogP contribution in [-0.2, 0) is 9.53 Å². The Morgan fingerprint density at radius 1 is 1.09 bits per heavy atom. The zero-order valence-electron chi connectivity index (χ0n) is 18.5. The highest BCUT2D eigenvalue weighted by Gasteiger charge is 2.68. The number of aromatic nitrogens is 1. The van der Waals surface area contributed by atoms with Crippen LogP contribution >= 0.6 is 0 Å². The first-order chi connectivity index (χ1) is 15.5. The first kappa shape index (κ1) is 19.2. The number of pyridine rings is 1. The van der Waals surface area contributed by atoms with E-state index in [0.717, 1.165) is 44.1 Å². The summed E-state index contributed by atoms with van der Waals surface area (Å²) < 4.78 is 6.98. The molecule has 7 rings (SSSR count). The Bertz CT molecular complexity index is 1230. The lowest BCUT2D eigenvalue weighted by molar-refractivity contribution is -0.177. The molecule has 0 amide bonds. The first-order valence-electron chi connectivity index (χ1n) is 12.1. The van der Waals surface area contributed by atoms with E-state index in [4.69, 9.17) is 4.74 Å². The molecule has 6 atom stereocenters. The number of aliphatic hydroxyl groups is 1. The Kier molecular flexibility index (Phi) is 3.71. The maximum atomic E-state index is 12.4. The highest BCUT2D eigenvalue weighted by atomic mass is 16.5. The van der Waals surface area contributed by atoms with Gasteiger partial charge in [0.25, 0.3) is 0 Å². The van der Waals surface area contributed by atoms with Gasteiger partial charge in [-0.25, -0.2) is 0 Å². The van der Waals surface area contributed by atoms with Crippen molar-refractivity contribution in [3.05, 3.63) is 65.5 Å². The molecular weight excluding hydrogens is 398 g/mol. The predicted molar refractivity (Wildman–Crippen MR) is 122 cm³/mol. The van der Waals surface area contributed by atoms with Gasteiger partial charge in [-0.05, 0) is 90.0 Å². The minimum absolute atomic E-state index is 0.0562. The molecule has 5 aliphatic rings. The second kappa shape index (κ2) is 6.18. The molecule has 2 saturated carbocycles. The molecule has 1 N–H and O–H groups in total. The lowest BCUT2D eigenvalue weighted by Crippen LogP contribution is -2.58. The van der Waals surface area contributed by atoms with Crippen LogP contribution in [0.5, 0.6) is 0 Å². The molecule has 32 heavy (non-hydrogen) atoms. The number of allylic oxidation sites excluding steroid dienone is 1. The Morgan fingerprint density at radius 2 is 1.97 bits per heavy atom. The van der Waals surface area contributed by atoms with Gasteiger partial charge in [-0.15, -0.1) is 0 Å². The number of Topliss-reactive ketones (excluding diaryl/α,β-unsaturated/α-hetero) is 1. The zero-order valence-corrected chi connectivity index (χ0v) is 18.5. The lowest BCUT2D eigenvalue weighted by Gasteiger charge is -2.54. The maximum Gasteiger partial charge on any atom is 0.164 e. The Morgan fingerprint density at radius 3 is 2.88 bits per heavy atom. The van der Waals surface area contributed by atoms with E-state index in [1.54, 1.807) is 0 Å². The average molecular weight is 428 g/mol. The molecule has 1 saturated heterocycles. The van der Waals surface area contributed by atoms with E-state index < -0.39 is 11.7 Å². The lowest BCUT2D eigenvalue weighted by atomic mass is 9.58. The summed E-state index contributed by atoms with van der Waals surface area (Å²) in [5, 5.41) is 13.4. The molecule has 3 aliphatic carbocycles. The molecule has 0 unspecified atom stereocenters. The van der Waals surface area contributed by atoms with Gasteiger partial charge >= 0.3 is 0 Å². The fraction of sp³-hybridized carbons (Fsp3) is 0.500. The van der Waals surface area contributed by atoms with Crippen molar-refractivity contribution in [2.45, 2.75) is 75.1 Å². The zero-order chi connectivity index (χ0) is 21.7. The summed E-state index contributed by atoms with van der Waals surface area (Å²) in [5.74, 6) is 0.804. The number of benzene rings is 1. The topological polar surface area (TPSA) is 59.4 Å². The van der Waals surface area contributed by atoms with Crippen LogP contribution in [0.3, 0.4) is 0 Å². The molecule has 164 valence electrons. The minimum Gasteiger partial charge on any atom is -0.382 e. The van der Waals surface area contributed by atoms with Gasteiger partial charge in [-0.2, -0.15) is 0 Å². The Hall–Kier alpha value is -2.30. The van der Waals surface area contributed by atoms with E-state index in [9.17, 15) is 9.90 Å². The molecule has 2 aromatic rings. The predicted octanol–water partition coefficient (Wildman–Crippen LogP) is 5.02. The summed E-state index contributed by atoms with van der Waals surface area (Å²) in [5.41, 5.74) is 2.81. The van der Waals surface area contributed by atoms with Crippen LogP contribution < -0.4 is 0 Å². The summed E-state index contributed by atoms with van der Waals surface area (Å²) >= 11 is 0. The third-order valence-corrected chi connectivity index (χ3v) is 9.71. The quantitative estimate of drug-likeness (QED) is 0.695. The third kappa shape index (κ3) is 2.20. The number of carbonyl (C=O) groups is 1. The van der Waals surface area contributed by atoms with Gasteiger partial charge in [-0.1, -0.05) is 31.2 Å². The normalized spacial score (nSPS) is 42.2. The fourth-order valence-electron chi connectivity index (χ4n) is 8.13. The number of rotatable bonds is 1. The van der Waals surface area contributed by atoms with Crippen LogP contribution in [0.1, 0.15) is 63.4 Å². The van der Waals surface area contributed by atoms with Crippen LogP contribution in [0.15, 0.2) is 60.0 Å². The van der Waals surface area contributed by atoms with Crippen molar-refractivity contribution in [1.29, 1.82) is 0 Å². The van der Waals surface area contributed by atoms with Crippen molar-refractivity contribution >= 4 is 16.6 Å². The monoisotopic (exact) mass is 427 g/mol. The second-order valence-electron chi connectivity index (χ2n) is 11.0. The van der Waals surface area contributed by atoms with E-state index >= 15 is 0 Å². The first-order valence-corrected chi connectivity index (χ1v) is 12.1. The summed E-state index contributed by atoms with van der Waals surface area (Å²) in [6.45, 7) is 2.45. The van der Waals surface area contributed by atoms with Gasteiger partial charge in [0.05, 0.1) is 5.60 Å². The SMILES string of the molecule is C[C@]12CC=C3C=C4CCC(=O)[C@@H](O)[C@]45CC[C@]3(O5)[C@@H]1CC[C@@H]2c1ccc2ccncc2c1. The van der Waals surface area contributed by atoms with Gasteiger partial charge in [0.2, 0.25) is 0 Å². The summed E-state index contributed by atoms with van der Waals surface area (Å²) in [7, 11) is 0. The highest BCUT2D eigenvalue weighted by molar-refractivity contribution is 5.87. The molecule has 2 spiro atoms. The van der Waals surface area contributed by atoms with Gasteiger partial charge in [0.1, 0.15) is 11.7 Å². The van der Waals surface area contributed by atoms with E-state index in [2.05, 4.69) is 48.3 Å². The number of nitrogens with zero attached hydrogens (tertiary/aromatic N) is 1. The van der Waals surface area contributed by atoms with E-state index in [1.807, 2.05) is 12.4 Å². The molecule has 4 heteroatoms. The number of ether oxygens (including phenoxy) is 1. The minimum atomic E-state index is -1.01. The van der Waals surface area contributed by atoms with Gasteiger partial charge in [0.15, 0.2) is 5.78 Å². The van der Waals surface area contributed by atoms with Crippen molar-refractivity contribution in [1.82, 2.24) is 4.98 Å². The number of fused-ring (bicyclic) bond motifs is 2. The van der Waals surface area contributed by atoms with Gasteiger partial charge in [-0.3, -0.25) is 9.78 Å². The number of ketones is 1. The summed E-state index contributed by atoms with van der Waals surface area (Å²) in [6, 6.07) is 8.93. The number of hydrogen-bond donors (Lipinski definition) is 1. The van der Waals surface area contributed by atoms with Crippen molar-refractivity contribution in [2.24, 2.45) is 11.3 Å². The molecule has 1 aromatic heterocycles. The van der Waals surface area contributed by atoms with Gasteiger partial charge in [0, 0.05) is 24.2 Å². The van der Waals surface area contributed by atoms with Crippen molar-refractivity contribution in [3.63, 3.8) is 0 Å². The van der Waals surface area contributed by atoms with E-state index in [0.29, 0.717) is 18.3 Å². The fourth-order valence-corrected chi connectivity index (χ4v) is 8.13. The van der Waals surface area contributed by atoms with Crippen LogP contribution in [0.2, 0.25) is 0 Å². The second-order valence-corrected chi connectivity index (χ2v) is 11.0. The number of aliphatic hydroxyl groups excluding tert-OH is 1. The maximum absolute atomic E-state index is 12.4. The van der Waals surface area contributed by atoms with Crippen LogP contribution in [0.4, 0.5) is 0 Å². The van der Waals surface area contributed by atoms with E-state index in [1.165, 1.54) is 21.9 Å². The molecule has 3 fully saturated rings. The molecule has 2 bridgehead atoms. The largest absolute Gasteiger partial charge is 0.382 e. The Labute approximate surface area is 188 Å². The molecule has 0 radical (unpaired) electrons. The van der Waals surface area contributed by atoms with Crippen molar-refractivity contribution < 1.29 is 14.6 Å². The van der Waals surface area contributed by atoms with E-state index in [-0.39, 0.29) is 16.8 Å². The van der Waals surface area contributed by atoms with Crippen LogP contribution in [0, 0.1) is 11.3 Å². The molecule has 3 heterocycles.